The topological polar surface area (TPSA) is 67.4 Å². The number of carbonyl (C=O) groups is 2. The molecule has 1 aromatic carbocycles. The molecule has 1 aromatic rings. The van der Waals surface area contributed by atoms with Crippen LogP contribution in [0, 0.1) is 0 Å². The van der Waals surface area contributed by atoms with E-state index in [0.717, 1.165) is 0 Å². The minimum atomic E-state index is -0.441. The fraction of sp³-hybridized carbons (Fsp3) is 0.111. The van der Waals surface area contributed by atoms with Crippen LogP contribution in [-0.2, 0) is 4.74 Å². The third-order valence-electron chi connectivity index (χ3n) is 1.67. The summed E-state index contributed by atoms with van der Waals surface area (Å²) >= 11 is 3.58. The molecule has 0 radical (unpaired) electrons. The number of amides is 2. The molecule has 0 saturated heterocycles. The zero-order valence-corrected chi connectivity index (χ0v) is 8.88. The molecule has 5 nitrogen and oxygen atoms in total. The highest BCUT2D eigenvalue weighted by Gasteiger charge is 2.04. The van der Waals surface area contributed by atoms with Gasteiger partial charge >= 0.3 is 12.0 Å². The van der Waals surface area contributed by atoms with Crippen LogP contribution >= 0.6 is 12.8 Å². The summed E-state index contributed by atoms with van der Waals surface area (Å²) < 4.78 is 6.64. The lowest BCUT2D eigenvalue weighted by molar-refractivity contribution is 0.0601. The van der Waals surface area contributed by atoms with E-state index in [0.29, 0.717) is 11.3 Å². The first-order chi connectivity index (χ1) is 7.17. The lowest BCUT2D eigenvalue weighted by Gasteiger charge is -2.04. The van der Waals surface area contributed by atoms with Crippen molar-refractivity contribution in [1.82, 2.24) is 4.72 Å². The number of hydrogen-bond acceptors (Lipinski definition) is 4. The molecule has 1 rings (SSSR count). The Balaban J connectivity index is 2.72. The highest BCUT2D eigenvalue weighted by atomic mass is 32.1. The van der Waals surface area contributed by atoms with Gasteiger partial charge in [-0.25, -0.2) is 9.59 Å². The molecule has 80 valence electrons. The van der Waals surface area contributed by atoms with Gasteiger partial charge in [-0.05, 0) is 24.3 Å². The van der Waals surface area contributed by atoms with Gasteiger partial charge in [0.15, 0.2) is 0 Å². The van der Waals surface area contributed by atoms with E-state index in [1.165, 1.54) is 7.11 Å². The summed E-state index contributed by atoms with van der Waals surface area (Å²) in [6, 6.07) is 5.86. The van der Waals surface area contributed by atoms with E-state index in [-0.39, 0.29) is 0 Å². The van der Waals surface area contributed by atoms with E-state index in [1.807, 2.05) is 0 Å². The zero-order chi connectivity index (χ0) is 11.3. The Bertz CT molecular complexity index is 364. The molecule has 2 amide bonds. The van der Waals surface area contributed by atoms with Gasteiger partial charge in [-0.15, -0.1) is 0 Å². The van der Waals surface area contributed by atoms with E-state index in [2.05, 4.69) is 27.6 Å². The van der Waals surface area contributed by atoms with Crippen molar-refractivity contribution in [3.05, 3.63) is 29.8 Å². The highest BCUT2D eigenvalue weighted by molar-refractivity contribution is 7.78. The van der Waals surface area contributed by atoms with Crippen LogP contribution in [0.5, 0.6) is 0 Å². The van der Waals surface area contributed by atoms with E-state index < -0.39 is 12.0 Å². The Kier molecular flexibility index (Phi) is 3.99. The smallest absolute Gasteiger partial charge is 0.337 e. The summed E-state index contributed by atoms with van der Waals surface area (Å²) in [6.07, 6.45) is 0. The summed E-state index contributed by atoms with van der Waals surface area (Å²) in [7, 11) is 1.31. The van der Waals surface area contributed by atoms with Crippen molar-refractivity contribution < 1.29 is 14.3 Å². The van der Waals surface area contributed by atoms with Crippen LogP contribution in [0.4, 0.5) is 10.5 Å². The maximum atomic E-state index is 11.1. The molecule has 0 aliphatic carbocycles. The first kappa shape index (κ1) is 11.4. The zero-order valence-electron chi connectivity index (χ0n) is 7.98. The minimum Gasteiger partial charge on any atom is -0.465 e. The summed E-state index contributed by atoms with van der Waals surface area (Å²) in [4.78, 5) is 21.9. The summed E-state index contributed by atoms with van der Waals surface area (Å²) in [5, 5.41) is 2.50. The Morgan fingerprint density at radius 1 is 1.27 bits per heavy atom. The van der Waals surface area contributed by atoms with Crippen molar-refractivity contribution >= 4 is 30.5 Å². The molecule has 0 spiro atoms. The number of hydrogen-bond donors (Lipinski definition) is 3. The van der Waals surface area contributed by atoms with E-state index in [1.54, 1.807) is 24.3 Å². The maximum absolute atomic E-state index is 11.1. The number of carbonyl (C=O) groups excluding carboxylic acids is 2. The predicted molar refractivity (Wildman–Crippen MR) is 58.9 cm³/mol. The largest absolute Gasteiger partial charge is 0.465 e. The number of rotatable bonds is 2. The van der Waals surface area contributed by atoms with Crippen LogP contribution in [0.3, 0.4) is 0 Å². The monoisotopic (exact) mass is 226 g/mol. The molecule has 0 unspecified atom stereocenters. The molecule has 6 heteroatoms. The average Bonchev–Trinajstić information content (AvgIpc) is 2.29. The summed E-state index contributed by atoms with van der Waals surface area (Å²) in [5.74, 6) is -0.416. The number of urea groups is 1. The molecular weight excluding hydrogens is 216 g/mol. The summed E-state index contributed by atoms with van der Waals surface area (Å²) in [5.41, 5.74) is 0.989. The van der Waals surface area contributed by atoms with E-state index in [9.17, 15) is 9.59 Å². The second kappa shape index (κ2) is 5.26. The molecule has 0 aliphatic rings. The Morgan fingerprint density at radius 2 is 1.87 bits per heavy atom. The number of esters is 1. The van der Waals surface area contributed by atoms with Gasteiger partial charge in [-0.3, -0.25) is 4.72 Å². The number of ether oxygens (including phenoxy) is 1. The molecule has 0 saturated carbocycles. The third kappa shape index (κ3) is 3.17. The molecule has 0 bridgehead atoms. The Labute approximate surface area is 92.4 Å². The van der Waals surface area contributed by atoms with Gasteiger partial charge in [0.2, 0.25) is 0 Å². The van der Waals surface area contributed by atoms with Gasteiger partial charge in [0.25, 0.3) is 0 Å². The number of methoxy groups -OCH3 is 1. The first-order valence-electron chi connectivity index (χ1n) is 4.07. The molecular formula is C9H10N2O3S. The third-order valence-corrected chi connectivity index (χ3v) is 1.87. The van der Waals surface area contributed by atoms with E-state index >= 15 is 0 Å². The second-order valence-electron chi connectivity index (χ2n) is 2.63. The van der Waals surface area contributed by atoms with Crippen molar-refractivity contribution in [3.8, 4) is 0 Å². The van der Waals surface area contributed by atoms with Gasteiger partial charge in [0, 0.05) is 5.69 Å². The standard InChI is InChI=1S/C9H10N2O3S/c1-14-8(12)6-2-4-7(5-3-6)10-9(13)11-15/h2-5,15H,1H3,(H2,10,11,13). The first-order valence-corrected chi connectivity index (χ1v) is 4.51. The number of thiol groups is 1. The molecule has 0 atom stereocenters. The van der Waals surface area contributed by atoms with Crippen molar-refractivity contribution in [2.45, 2.75) is 0 Å². The molecule has 0 fully saturated rings. The van der Waals surface area contributed by atoms with Crippen molar-refractivity contribution in [2.75, 3.05) is 12.4 Å². The van der Waals surface area contributed by atoms with Gasteiger partial charge in [-0.2, -0.15) is 0 Å². The van der Waals surface area contributed by atoms with Gasteiger partial charge in [0.1, 0.15) is 0 Å². The van der Waals surface area contributed by atoms with Crippen molar-refractivity contribution in [3.63, 3.8) is 0 Å². The van der Waals surface area contributed by atoms with Crippen LogP contribution in [-0.4, -0.2) is 19.1 Å². The van der Waals surface area contributed by atoms with E-state index in [4.69, 9.17) is 0 Å². The highest BCUT2D eigenvalue weighted by Crippen LogP contribution is 2.10. The number of anilines is 1. The minimum absolute atomic E-state index is 0.416. The Morgan fingerprint density at radius 3 is 2.33 bits per heavy atom. The van der Waals surface area contributed by atoms with Crippen LogP contribution in [0.1, 0.15) is 10.4 Å². The van der Waals surface area contributed by atoms with Gasteiger partial charge < -0.3 is 10.1 Å². The van der Waals surface area contributed by atoms with Crippen LogP contribution in [0.2, 0.25) is 0 Å². The lowest BCUT2D eigenvalue weighted by atomic mass is 10.2. The molecule has 0 heterocycles. The quantitative estimate of drug-likeness (QED) is 0.528. The average molecular weight is 226 g/mol. The SMILES string of the molecule is COC(=O)c1ccc(NC(=O)NS)cc1. The van der Waals surface area contributed by atoms with Gasteiger partial charge in [-0.1, -0.05) is 12.8 Å². The maximum Gasteiger partial charge on any atom is 0.337 e. The fourth-order valence-electron chi connectivity index (χ4n) is 0.967. The molecule has 0 aliphatic heterocycles. The predicted octanol–water partition coefficient (Wildman–Crippen LogP) is 1.44. The van der Waals surface area contributed by atoms with Crippen molar-refractivity contribution in [2.24, 2.45) is 0 Å². The van der Waals surface area contributed by atoms with Crippen LogP contribution in [0.15, 0.2) is 24.3 Å². The van der Waals surface area contributed by atoms with Crippen LogP contribution < -0.4 is 10.0 Å². The van der Waals surface area contributed by atoms with Crippen molar-refractivity contribution in [1.29, 1.82) is 0 Å². The molecule has 2 N–H and O–H groups in total. The number of benzene rings is 1. The summed E-state index contributed by atoms with van der Waals surface area (Å²) in [6.45, 7) is 0. The normalized spacial score (nSPS) is 9.20. The fourth-order valence-corrected chi connectivity index (χ4v) is 1.02. The molecule has 0 aromatic heterocycles. The van der Waals surface area contributed by atoms with Crippen LogP contribution in [0.25, 0.3) is 0 Å². The Hall–Kier alpha value is -1.69. The van der Waals surface area contributed by atoms with Gasteiger partial charge in [0.05, 0.1) is 12.7 Å². The lowest BCUT2D eigenvalue weighted by Crippen LogP contribution is -2.20. The number of nitrogens with one attached hydrogen (secondary N) is 2. The second-order valence-corrected chi connectivity index (χ2v) is 2.86. The molecule has 15 heavy (non-hydrogen) atoms.